The third-order valence-corrected chi connectivity index (χ3v) is 2.95. The minimum Gasteiger partial charge on any atom is -0.409 e. The van der Waals surface area contributed by atoms with Crippen LogP contribution in [0.1, 0.15) is 12.0 Å². The van der Waals surface area contributed by atoms with Crippen molar-refractivity contribution >= 4 is 11.7 Å². The lowest BCUT2D eigenvalue weighted by Gasteiger charge is -2.17. The largest absolute Gasteiger partial charge is 0.409 e. The Morgan fingerprint density at radius 1 is 1.71 bits per heavy atom. The van der Waals surface area contributed by atoms with Crippen molar-refractivity contribution in [2.24, 2.45) is 10.9 Å². The molecule has 1 fully saturated rings. The summed E-state index contributed by atoms with van der Waals surface area (Å²) in [7, 11) is 1.72. The first-order valence-electron chi connectivity index (χ1n) is 5.46. The molecule has 1 aromatic rings. The summed E-state index contributed by atoms with van der Waals surface area (Å²) < 4.78 is 5.30. The highest BCUT2D eigenvalue weighted by atomic mass is 16.5. The summed E-state index contributed by atoms with van der Waals surface area (Å²) in [6.45, 7) is 1.73. The average molecular weight is 236 g/mol. The number of hydrogen-bond acceptors (Lipinski definition) is 5. The van der Waals surface area contributed by atoms with E-state index >= 15 is 0 Å². The van der Waals surface area contributed by atoms with Gasteiger partial charge in [-0.15, -0.1) is 0 Å². The smallest absolute Gasteiger partial charge is 0.170 e. The van der Waals surface area contributed by atoms with E-state index in [2.05, 4.69) is 15.0 Å². The Labute approximate surface area is 99.7 Å². The molecule has 0 saturated carbocycles. The Bertz CT molecular complexity index is 422. The molecule has 1 aliphatic rings. The van der Waals surface area contributed by atoms with Gasteiger partial charge in [-0.05, 0) is 18.6 Å². The van der Waals surface area contributed by atoms with Crippen LogP contribution in [0.2, 0.25) is 0 Å². The van der Waals surface area contributed by atoms with Gasteiger partial charge in [0, 0.05) is 32.0 Å². The van der Waals surface area contributed by atoms with Crippen LogP contribution < -0.4 is 10.6 Å². The summed E-state index contributed by atoms with van der Waals surface area (Å²) in [4.78, 5) is 6.41. The minimum atomic E-state index is 0.0936. The van der Waals surface area contributed by atoms with Gasteiger partial charge >= 0.3 is 0 Å². The molecule has 3 N–H and O–H groups in total. The Morgan fingerprint density at radius 2 is 2.53 bits per heavy atom. The highest BCUT2D eigenvalue weighted by Gasteiger charge is 2.23. The van der Waals surface area contributed by atoms with E-state index in [1.54, 1.807) is 19.4 Å². The fraction of sp³-hybridized carbons (Fsp3) is 0.455. The van der Waals surface area contributed by atoms with Gasteiger partial charge in [-0.3, -0.25) is 0 Å². The van der Waals surface area contributed by atoms with E-state index < -0.39 is 0 Å². The first-order valence-corrected chi connectivity index (χ1v) is 5.46. The highest BCUT2D eigenvalue weighted by molar-refractivity contribution is 5.97. The second kappa shape index (κ2) is 5.01. The molecule has 0 amide bonds. The van der Waals surface area contributed by atoms with Crippen molar-refractivity contribution in [1.29, 1.82) is 0 Å². The lowest BCUT2D eigenvalue weighted by Crippen LogP contribution is -2.23. The maximum atomic E-state index is 8.63. The van der Waals surface area contributed by atoms with Crippen LogP contribution in [0.25, 0.3) is 0 Å². The lowest BCUT2D eigenvalue weighted by atomic mass is 10.2. The highest BCUT2D eigenvalue weighted by Crippen LogP contribution is 2.20. The molecule has 0 radical (unpaired) electrons. The quantitative estimate of drug-likeness (QED) is 0.343. The van der Waals surface area contributed by atoms with Crippen LogP contribution in [0, 0.1) is 0 Å². The second-order valence-electron chi connectivity index (χ2n) is 3.98. The lowest BCUT2D eigenvalue weighted by molar-refractivity contribution is 0.121. The number of anilines is 1. The van der Waals surface area contributed by atoms with Gasteiger partial charge in [-0.25, -0.2) is 4.98 Å². The van der Waals surface area contributed by atoms with Crippen LogP contribution in [0.3, 0.4) is 0 Å². The third-order valence-electron chi connectivity index (χ3n) is 2.95. The summed E-state index contributed by atoms with van der Waals surface area (Å²) in [6, 6.07) is 3.52. The van der Waals surface area contributed by atoms with Crippen LogP contribution in [0.5, 0.6) is 0 Å². The van der Waals surface area contributed by atoms with E-state index in [0.29, 0.717) is 5.56 Å². The monoisotopic (exact) mass is 236 g/mol. The zero-order chi connectivity index (χ0) is 12.3. The molecule has 6 nitrogen and oxygen atoms in total. The van der Waals surface area contributed by atoms with Gasteiger partial charge in [0.05, 0.1) is 6.10 Å². The molecule has 1 aliphatic heterocycles. The van der Waals surface area contributed by atoms with Crippen molar-refractivity contribution in [1.82, 2.24) is 4.98 Å². The van der Waals surface area contributed by atoms with Gasteiger partial charge in [0.1, 0.15) is 5.82 Å². The van der Waals surface area contributed by atoms with E-state index in [9.17, 15) is 0 Å². The molecule has 1 atom stereocenters. The molecule has 0 bridgehead atoms. The molecular formula is C11H16N4O2. The van der Waals surface area contributed by atoms with Crippen LogP contribution in [0.4, 0.5) is 5.82 Å². The number of pyridine rings is 1. The Balaban J connectivity index is 2.17. The number of methoxy groups -OCH3 is 1. The number of oxime groups is 1. The summed E-state index contributed by atoms with van der Waals surface area (Å²) in [5.74, 6) is 0.921. The van der Waals surface area contributed by atoms with Crippen LogP contribution in [0.15, 0.2) is 23.5 Å². The number of aromatic nitrogens is 1. The zero-order valence-electron chi connectivity index (χ0n) is 9.71. The normalized spacial score (nSPS) is 20.9. The Kier molecular flexibility index (Phi) is 3.43. The molecule has 0 spiro atoms. The van der Waals surface area contributed by atoms with E-state index in [0.717, 1.165) is 25.3 Å². The predicted molar refractivity (Wildman–Crippen MR) is 64.4 cm³/mol. The van der Waals surface area contributed by atoms with Crippen molar-refractivity contribution < 1.29 is 9.94 Å². The van der Waals surface area contributed by atoms with Gasteiger partial charge in [-0.1, -0.05) is 5.16 Å². The summed E-state index contributed by atoms with van der Waals surface area (Å²) in [6.07, 6.45) is 2.90. The van der Waals surface area contributed by atoms with E-state index in [1.807, 2.05) is 6.07 Å². The molecule has 0 aromatic carbocycles. The molecular weight excluding hydrogens is 220 g/mol. The summed E-state index contributed by atoms with van der Waals surface area (Å²) in [5.41, 5.74) is 6.21. The maximum absolute atomic E-state index is 8.63. The molecule has 6 heteroatoms. The van der Waals surface area contributed by atoms with Crippen molar-refractivity contribution in [2.45, 2.75) is 12.5 Å². The number of hydrogen-bond donors (Lipinski definition) is 2. The molecule has 2 heterocycles. The number of nitrogens with zero attached hydrogens (tertiary/aromatic N) is 3. The third kappa shape index (κ3) is 2.47. The predicted octanol–water partition coefficient (Wildman–Crippen LogP) is 0.401. The SMILES string of the molecule is COC1CCN(c2cc(/C(N)=N/O)ccn2)C1. The first-order chi connectivity index (χ1) is 8.24. The molecule has 92 valence electrons. The van der Waals surface area contributed by atoms with E-state index in [4.69, 9.17) is 15.7 Å². The maximum Gasteiger partial charge on any atom is 0.170 e. The molecule has 17 heavy (non-hydrogen) atoms. The van der Waals surface area contributed by atoms with Crippen molar-refractivity contribution in [2.75, 3.05) is 25.1 Å². The summed E-state index contributed by atoms with van der Waals surface area (Å²) >= 11 is 0. The standard InChI is InChI=1S/C11H16N4O2/c1-17-9-3-5-15(7-9)10-6-8(2-4-13-10)11(12)14-16/h2,4,6,9,16H,3,5,7H2,1H3,(H2,12,14). The van der Waals surface area contributed by atoms with Crippen molar-refractivity contribution in [3.8, 4) is 0 Å². The fourth-order valence-corrected chi connectivity index (χ4v) is 1.94. The Hall–Kier alpha value is -1.82. The van der Waals surface area contributed by atoms with Crippen LogP contribution in [-0.4, -0.2) is 42.3 Å². The molecule has 1 aromatic heterocycles. The zero-order valence-corrected chi connectivity index (χ0v) is 9.71. The van der Waals surface area contributed by atoms with Gasteiger partial charge in [0.15, 0.2) is 5.84 Å². The van der Waals surface area contributed by atoms with Crippen molar-refractivity contribution in [3.05, 3.63) is 23.9 Å². The van der Waals surface area contributed by atoms with Gasteiger partial charge in [-0.2, -0.15) is 0 Å². The first kappa shape index (κ1) is 11.7. The minimum absolute atomic E-state index is 0.0936. The van der Waals surface area contributed by atoms with Crippen LogP contribution >= 0.6 is 0 Å². The van der Waals surface area contributed by atoms with Crippen LogP contribution in [-0.2, 0) is 4.74 Å². The van der Waals surface area contributed by atoms with Crippen molar-refractivity contribution in [3.63, 3.8) is 0 Å². The number of amidine groups is 1. The molecule has 1 unspecified atom stereocenters. The second-order valence-corrected chi connectivity index (χ2v) is 3.98. The van der Waals surface area contributed by atoms with E-state index in [1.165, 1.54) is 0 Å². The van der Waals surface area contributed by atoms with E-state index in [-0.39, 0.29) is 11.9 Å². The topological polar surface area (TPSA) is 84.0 Å². The van der Waals surface area contributed by atoms with Gasteiger partial charge in [0.25, 0.3) is 0 Å². The molecule has 0 aliphatic carbocycles. The molecule has 2 rings (SSSR count). The van der Waals surface area contributed by atoms with Gasteiger partial charge in [0.2, 0.25) is 0 Å². The molecule has 1 saturated heterocycles. The summed E-state index contributed by atoms with van der Waals surface area (Å²) in [5, 5.41) is 11.6. The van der Waals surface area contributed by atoms with Gasteiger partial charge < -0.3 is 20.6 Å². The number of rotatable bonds is 3. The number of ether oxygens (including phenoxy) is 1. The average Bonchev–Trinajstić information content (AvgIpc) is 2.86. The Morgan fingerprint density at radius 3 is 3.18 bits per heavy atom. The fourth-order valence-electron chi connectivity index (χ4n) is 1.94. The number of nitrogens with two attached hydrogens (primary N) is 1.